The van der Waals surface area contributed by atoms with E-state index >= 15 is 0 Å². The van der Waals surface area contributed by atoms with Crippen molar-refractivity contribution in [1.29, 1.82) is 0 Å². The number of methoxy groups -OCH3 is 1. The third-order valence-corrected chi connectivity index (χ3v) is 3.21. The van der Waals surface area contributed by atoms with Crippen LogP contribution >= 0.6 is 11.8 Å². The first-order valence-electron chi connectivity index (χ1n) is 5.35. The summed E-state index contributed by atoms with van der Waals surface area (Å²) in [5.74, 6) is 3.47. The number of carbonyl (C=O) groups is 1. The predicted molar refractivity (Wildman–Crippen MR) is 64.6 cm³/mol. The molecule has 0 aromatic carbocycles. The van der Waals surface area contributed by atoms with Crippen molar-refractivity contribution in [3.8, 4) is 0 Å². The van der Waals surface area contributed by atoms with E-state index in [0.29, 0.717) is 4.68 Å². The van der Waals surface area contributed by atoms with Gasteiger partial charge in [0.05, 0.1) is 13.0 Å². The van der Waals surface area contributed by atoms with Gasteiger partial charge in [0, 0.05) is 6.20 Å². The number of nitrogen functional groups attached to an aromatic ring is 1. The minimum Gasteiger partial charge on any atom is -0.464 e. The van der Waals surface area contributed by atoms with E-state index in [0.717, 1.165) is 11.8 Å². The molecule has 0 radical (unpaired) electrons. The lowest BCUT2D eigenvalue weighted by Crippen LogP contribution is -2.21. The molecule has 0 aliphatic rings. The quantitative estimate of drug-likeness (QED) is 0.503. The SMILES string of the molecule is COC(=O)c1ccn(CSc2nnc(C(F)(F)F)n2N)n1. The van der Waals surface area contributed by atoms with Crippen LogP contribution in [-0.4, -0.2) is 37.7 Å². The van der Waals surface area contributed by atoms with Gasteiger partial charge in [0.1, 0.15) is 0 Å². The molecule has 0 unspecified atom stereocenters. The molecule has 2 N–H and O–H groups in total. The summed E-state index contributed by atoms with van der Waals surface area (Å²) in [7, 11) is 1.21. The van der Waals surface area contributed by atoms with Crippen molar-refractivity contribution in [1.82, 2.24) is 24.7 Å². The fraction of sp³-hybridized carbons (Fsp3) is 0.333. The lowest BCUT2D eigenvalue weighted by Gasteiger charge is -2.05. The topological polar surface area (TPSA) is 101 Å². The number of halogens is 3. The molecule has 2 aromatic rings. The van der Waals surface area contributed by atoms with Crippen LogP contribution in [0.1, 0.15) is 16.3 Å². The van der Waals surface area contributed by atoms with Gasteiger partial charge in [-0.3, -0.25) is 4.68 Å². The smallest absolute Gasteiger partial charge is 0.453 e. The summed E-state index contributed by atoms with van der Waals surface area (Å²) in [6.07, 6.45) is -3.20. The first-order valence-corrected chi connectivity index (χ1v) is 6.33. The van der Waals surface area contributed by atoms with Crippen LogP contribution in [-0.2, 0) is 16.8 Å². The number of alkyl halides is 3. The molecular formula is C9H9F3N6O2S. The molecule has 2 rings (SSSR count). The lowest BCUT2D eigenvalue weighted by atomic mass is 10.4. The predicted octanol–water partition coefficient (Wildman–Crippen LogP) is 0.744. The molecule has 0 spiro atoms. The second kappa shape index (κ2) is 5.63. The largest absolute Gasteiger partial charge is 0.464 e. The average Bonchev–Trinajstić information content (AvgIpc) is 3.01. The standard InChI is InChI=1S/C9H9F3N6O2S/c1-20-6(19)5-2-3-17(16-5)4-21-8-15-14-7(18(8)13)9(10,11)12/h2-3H,4,13H2,1H3. The highest BCUT2D eigenvalue weighted by Gasteiger charge is 2.38. The van der Waals surface area contributed by atoms with Crippen LogP contribution in [0.5, 0.6) is 0 Å². The number of rotatable bonds is 4. The number of hydrogen-bond acceptors (Lipinski definition) is 7. The Morgan fingerprint density at radius 1 is 1.48 bits per heavy atom. The van der Waals surface area contributed by atoms with Gasteiger partial charge in [-0.15, -0.1) is 10.2 Å². The first-order chi connectivity index (χ1) is 9.82. The van der Waals surface area contributed by atoms with E-state index in [4.69, 9.17) is 5.84 Å². The molecule has 0 bridgehead atoms. The highest BCUT2D eigenvalue weighted by Crippen LogP contribution is 2.29. The third-order valence-electron chi connectivity index (χ3n) is 2.28. The molecule has 12 heteroatoms. The van der Waals surface area contributed by atoms with Gasteiger partial charge in [-0.2, -0.15) is 18.3 Å². The van der Waals surface area contributed by atoms with Crippen molar-refractivity contribution in [3.05, 3.63) is 23.8 Å². The van der Waals surface area contributed by atoms with E-state index in [9.17, 15) is 18.0 Å². The Labute approximate surface area is 120 Å². The Bertz CT molecular complexity index is 652. The Kier molecular flexibility index (Phi) is 4.06. The number of esters is 1. The number of nitrogens with two attached hydrogens (primary N) is 1. The Morgan fingerprint density at radius 2 is 2.19 bits per heavy atom. The van der Waals surface area contributed by atoms with Gasteiger partial charge in [0.2, 0.25) is 5.16 Å². The summed E-state index contributed by atoms with van der Waals surface area (Å²) in [5, 5.41) is 10.1. The number of hydrogen-bond donors (Lipinski definition) is 1. The number of aromatic nitrogens is 5. The maximum atomic E-state index is 12.5. The zero-order valence-corrected chi connectivity index (χ0v) is 11.4. The van der Waals surface area contributed by atoms with Crippen LogP contribution in [0.25, 0.3) is 0 Å². The summed E-state index contributed by atoms with van der Waals surface area (Å²) in [5.41, 5.74) is 0.0864. The summed E-state index contributed by atoms with van der Waals surface area (Å²) >= 11 is 0.882. The van der Waals surface area contributed by atoms with Crippen molar-refractivity contribution in [2.24, 2.45) is 0 Å². The van der Waals surface area contributed by atoms with Gasteiger partial charge < -0.3 is 10.6 Å². The van der Waals surface area contributed by atoms with Crippen LogP contribution < -0.4 is 5.84 Å². The van der Waals surface area contributed by atoms with Crippen molar-refractivity contribution < 1.29 is 22.7 Å². The molecule has 114 valence electrons. The summed E-state index contributed by atoms with van der Waals surface area (Å²) in [6.45, 7) is 0. The minimum absolute atomic E-state index is 0.0864. The molecule has 0 saturated heterocycles. The normalized spacial score (nSPS) is 11.6. The van der Waals surface area contributed by atoms with Crippen LogP contribution in [0, 0.1) is 0 Å². The fourth-order valence-corrected chi connectivity index (χ4v) is 2.06. The minimum atomic E-state index is -4.68. The number of thioether (sulfide) groups is 1. The lowest BCUT2D eigenvalue weighted by molar-refractivity contribution is -0.146. The zero-order chi connectivity index (χ0) is 15.6. The van der Waals surface area contributed by atoms with Crippen LogP contribution in [0.3, 0.4) is 0 Å². The Morgan fingerprint density at radius 3 is 2.76 bits per heavy atom. The van der Waals surface area contributed by atoms with Gasteiger partial charge in [0.25, 0.3) is 5.82 Å². The monoisotopic (exact) mass is 322 g/mol. The van der Waals surface area contributed by atoms with Gasteiger partial charge in [-0.1, -0.05) is 11.8 Å². The molecule has 0 amide bonds. The van der Waals surface area contributed by atoms with Gasteiger partial charge >= 0.3 is 12.1 Å². The highest BCUT2D eigenvalue weighted by atomic mass is 32.2. The second-order valence-electron chi connectivity index (χ2n) is 3.68. The van der Waals surface area contributed by atoms with E-state index in [1.54, 1.807) is 0 Å². The Hall–Kier alpha value is -2.24. The fourth-order valence-electron chi connectivity index (χ4n) is 1.34. The zero-order valence-electron chi connectivity index (χ0n) is 10.5. The van der Waals surface area contributed by atoms with Crippen LogP contribution in [0.2, 0.25) is 0 Å². The van der Waals surface area contributed by atoms with Crippen molar-refractivity contribution in [2.75, 3.05) is 13.0 Å². The van der Waals surface area contributed by atoms with E-state index in [2.05, 4.69) is 20.0 Å². The third kappa shape index (κ3) is 3.26. The van der Waals surface area contributed by atoms with E-state index in [1.165, 1.54) is 24.1 Å². The number of ether oxygens (including phenoxy) is 1. The van der Waals surface area contributed by atoms with E-state index in [1.807, 2.05) is 0 Å². The number of nitrogens with zero attached hydrogens (tertiary/aromatic N) is 5. The maximum absolute atomic E-state index is 12.5. The number of carbonyl (C=O) groups excluding carboxylic acids is 1. The van der Waals surface area contributed by atoms with Crippen molar-refractivity contribution in [3.63, 3.8) is 0 Å². The van der Waals surface area contributed by atoms with Crippen molar-refractivity contribution in [2.45, 2.75) is 17.2 Å². The maximum Gasteiger partial charge on any atom is 0.453 e. The molecule has 8 nitrogen and oxygen atoms in total. The molecule has 0 aliphatic carbocycles. The van der Waals surface area contributed by atoms with Gasteiger partial charge in [0.15, 0.2) is 5.69 Å². The van der Waals surface area contributed by atoms with Gasteiger partial charge in [-0.05, 0) is 6.07 Å². The van der Waals surface area contributed by atoms with Gasteiger partial charge in [-0.25, -0.2) is 9.47 Å². The molecular weight excluding hydrogens is 313 g/mol. The highest BCUT2D eigenvalue weighted by molar-refractivity contribution is 7.98. The molecule has 0 atom stereocenters. The second-order valence-corrected chi connectivity index (χ2v) is 4.59. The molecule has 2 heterocycles. The first kappa shape index (κ1) is 15.2. The molecule has 2 aromatic heterocycles. The van der Waals surface area contributed by atoms with Crippen molar-refractivity contribution >= 4 is 17.7 Å². The molecule has 0 saturated carbocycles. The average molecular weight is 322 g/mol. The summed E-state index contributed by atoms with van der Waals surface area (Å²) < 4.78 is 43.6. The van der Waals surface area contributed by atoms with Crippen LogP contribution in [0.4, 0.5) is 13.2 Å². The summed E-state index contributed by atoms with van der Waals surface area (Å²) in [6, 6.07) is 1.42. The molecule has 21 heavy (non-hydrogen) atoms. The Balaban J connectivity index is 2.05. The molecule has 0 fully saturated rings. The summed E-state index contributed by atoms with van der Waals surface area (Å²) in [4.78, 5) is 11.2. The van der Waals surface area contributed by atoms with E-state index in [-0.39, 0.29) is 16.7 Å². The molecule has 0 aliphatic heterocycles. The van der Waals surface area contributed by atoms with E-state index < -0.39 is 18.0 Å². The van der Waals surface area contributed by atoms with Crippen LogP contribution in [0.15, 0.2) is 17.4 Å².